The third-order valence-electron chi connectivity index (χ3n) is 2.91. The first-order valence-electron chi connectivity index (χ1n) is 6.67. The zero-order valence-electron chi connectivity index (χ0n) is 11.5. The van der Waals surface area contributed by atoms with Gasteiger partial charge in [-0.1, -0.05) is 31.2 Å². The van der Waals surface area contributed by atoms with E-state index in [1.807, 2.05) is 42.5 Å². The van der Waals surface area contributed by atoms with Crippen LogP contribution in [0.4, 0.5) is 0 Å². The summed E-state index contributed by atoms with van der Waals surface area (Å²) in [4.78, 5) is 15.9. The zero-order valence-corrected chi connectivity index (χ0v) is 11.5. The van der Waals surface area contributed by atoms with E-state index in [9.17, 15) is 4.79 Å². The molecule has 0 bridgehead atoms. The second-order valence-corrected chi connectivity index (χ2v) is 4.35. The van der Waals surface area contributed by atoms with E-state index in [0.29, 0.717) is 6.54 Å². The standard InChI is InChI=1S/C16H18N2O2/c1-2-13-7-3-4-9-15(13)20-12-16(19)18-11-14-8-5-6-10-17-14/h3-10H,2,11-12H2,1H3,(H,18,19). The molecular weight excluding hydrogens is 252 g/mol. The third kappa shape index (κ3) is 4.09. The van der Waals surface area contributed by atoms with Gasteiger partial charge in [-0.3, -0.25) is 9.78 Å². The monoisotopic (exact) mass is 270 g/mol. The molecular formula is C16H18N2O2. The minimum Gasteiger partial charge on any atom is -0.483 e. The minimum atomic E-state index is -0.151. The molecule has 0 aliphatic heterocycles. The second-order valence-electron chi connectivity index (χ2n) is 4.35. The highest BCUT2D eigenvalue weighted by Gasteiger charge is 2.05. The summed E-state index contributed by atoms with van der Waals surface area (Å²) in [7, 11) is 0. The van der Waals surface area contributed by atoms with E-state index in [0.717, 1.165) is 23.4 Å². The maximum atomic E-state index is 11.7. The van der Waals surface area contributed by atoms with Crippen molar-refractivity contribution in [3.05, 3.63) is 59.9 Å². The summed E-state index contributed by atoms with van der Waals surface area (Å²) < 4.78 is 5.55. The van der Waals surface area contributed by atoms with Gasteiger partial charge in [0.1, 0.15) is 5.75 Å². The Bertz CT molecular complexity index is 555. The summed E-state index contributed by atoms with van der Waals surface area (Å²) in [5.74, 6) is 0.615. The Morgan fingerprint density at radius 1 is 1.20 bits per heavy atom. The lowest BCUT2D eigenvalue weighted by Gasteiger charge is -2.10. The van der Waals surface area contributed by atoms with Gasteiger partial charge in [0.05, 0.1) is 12.2 Å². The first-order chi connectivity index (χ1) is 9.79. The van der Waals surface area contributed by atoms with Gasteiger partial charge < -0.3 is 10.1 Å². The summed E-state index contributed by atoms with van der Waals surface area (Å²) in [6.45, 7) is 2.49. The molecule has 0 saturated carbocycles. The van der Waals surface area contributed by atoms with Crippen LogP contribution in [0.25, 0.3) is 0 Å². The number of nitrogens with zero attached hydrogens (tertiary/aromatic N) is 1. The summed E-state index contributed by atoms with van der Waals surface area (Å²) in [5, 5.41) is 2.78. The van der Waals surface area contributed by atoms with Crippen molar-refractivity contribution in [3.63, 3.8) is 0 Å². The molecule has 1 N–H and O–H groups in total. The topological polar surface area (TPSA) is 51.2 Å². The molecule has 1 amide bonds. The number of benzene rings is 1. The molecule has 0 saturated heterocycles. The number of amides is 1. The average Bonchev–Trinajstić information content (AvgIpc) is 2.52. The number of carbonyl (C=O) groups is 1. The van der Waals surface area contributed by atoms with Crippen LogP contribution in [0, 0.1) is 0 Å². The highest BCUT2D eigenvalue weighted by molar-refractivity contribution is 5.77. The predicted molar refractivity (Wildman–Crippen MR) is 77.4 cm³/mol. The number of hydrogen-bond acceptors (Lipinski definition) is 3. The lowest BCUT2D eigenvalue weighted by atomic mass is 10.1. The largest absolute Gasteiger partial charge is 0.483 e. The van der Waals surface area contributed by atoms with E-state index in [-0.39, 0.29) is 12.5 Å². The summed E-state index contributed by atoms with van der Waals surface area (Å²) in [5.41, 5.74) is 1.93. The van der Waals surface area contributed by atoms with Crippen LogP contribution in [0.5, 0.6) is 5.75 Å². The van der Waals surface area contributed by atoms with Crippen LogP contribution in [0.1, 0.15) is 18.2 Å². The Hall–Kier alpha value is -2.36. The first kappa shape index (κ1) is 14.1. The fraction of sp³-hybridized carbons (Fsp3) is 0.250. The van der Waals surface area contributed by atoms with E-state index in [4.69, 9.17) is 4.74 Å². The van der Waals surface area contributed by atoms with Gasteiger partial charge in [0.15, 0.2) is 6.61 Å². The van der Waals surface area contributed by atoms with Crippen LogP contribution < -0.4 is 10.1 Å². The van der Waals surface area contributed by atoms with Crippen molar-refractivity contribution in [3.8, 4) is 5.75 Å². The van der Waals surface area contributed by atoms with Crippen molar-refractivity contribution in [2.24, 2.45) is 0 Å². The van der Waals surface area contributed by atoms with Crippen molar-refractivity contribution in [1.82, 2.24) is 10.3 Å². The highest BCUT2D eigenvalue weighted by atomic mass is 16.5. The Kier molecular flexibility index (Phi) is 5.12. The molecule has 2 aromatic rings. The smallest absolute Gasteiger partial charge is 0.258 e. The van der Waals surface area contributed by atoms with Crippen molar-refractivity contribution in [2.45, 2.75) is 19.9 Å². The molecule has 0 radical (unpaired) electrons. The van der Waals surface area contributed by atoms with Crippen LogP contribution in [-0.2, 0) is 17.8 Å². The van der Waals surface area contributed by atoms with Gasteiger partial charge in [0.25, 0.3) is 5.91 Å². The van der Waals surface area contributed by atoms with E-state index < -0.39 is 0 Å². The zero-order chi connectivity index (χ0) is 14.2. The molecule has 2 rings (SSSR count). The molecule has 4 heteroatoms. The van der Waals surface area contributed by atoms with Crippen molar-refractivity contribution < 1.29 is 9.53 Å². The number of ether oxygens (including phenoxy) is 1. The molecule has 0 unspecified atom stereocenters. The fourth-order valence-corrected chi connectivity index (χ4v) is 1.82. The van der Waals surface area contributed by atoms with Crippen molar-refractivity contribution >= 4 is 5.91 Å². The van der Waals surface area contributed by atoms with E-state index in [2.05, 4.69) is 17.2 Å². The van der Waals surface area contributed by atoms with Crippen LogP contribution in [0.2, 0.25) is 0 Å². The first-order valence-corrected chi connectivity index (χ1v) is 6.67. The molecule has 0 spiro atoms. The van der Waals surface area contributed by atoms with Gasteiger partial charge in [0.2, 0.25) is 0 Å². The highest BCUT2D eigenvalue weighted by Crippen LogP contribution is 2.17. The number of para-hydroxylation sites is 1. The van der Waals surface area contributed by atoms with Crippen LogP contribution >= 0.6 is 0 Å². The van der Waals surface area contributed by atoms with Gasteiger partial charge in [0, 0.05) is 6.20 Å². The van der Waals surface area contributed by atoms with Crippen LogP contribution in [0.15, 0.2) is 48.7 Å². The number of aryl methyl sites for hydroxylation is 1. The van der Waals surface area contributed by atoms with Crippen molar-refractivity contribution in [1.29, 1.82) is 0 Å². The maximum absolute atomic E-state index is 11.7. The normalized spacial score (nSPS) is 10.1. The third-order valence-corrected chi connectivity index (χ3v) is 2.91. The van der Waals surface area contributed by atoms with Gasteiger partial charge in [-0.05, 0) is 30.2 Å². The Balaban J connectivity index is 1.80. The molecule has 0 fully saturated rings. The molecule has 0 atom stereocenters. The Morgan fingerprint density at radius 2 is 2.00 bits per heavy atom. The number of carbonyl (C=O) groups excluding carboxylic acids is 1. The maximum Gasteiger partial charge on any atom is 0.258 e. The Labute approximate surface area is 118 Å². The van der Waals surface area contributed by atoms with Crippen molar-refractivity contribution in [2.75, 3.05) is 6.61 Å². The number of pyridine rings is 1. The van der Waals surface area contributed by atoms with Gasteiger partial charge >= 0.3 is 0 Å². The second kappa shape index (κ2) is 7.28. The fourth-order valence-electron chi connectivity index (χ4n) is 1.82. The predicted octanol–water partition coefficient (Wildman–Crippen LogP) is 2.34. The number of nitrogens with one attached hydrogen (secondary N) is 1. The van der Waals surface area contributed by atoms with E-state index in [1.165, 1.54) is 0 Å². The Morgan fingerprint density at radius 3 is 2.75 bits per heavy atom. The summed E-state index contributed by atoms with van der Waals surface area (Å²) in [6.07, 6.45) is 2.58. The van der Waals surface area contributed by atoms with E-state index in [1.54, 1.807) is 6.20 Å². The molecule has 104 valence electrons. The van der Waals surface area contributed by atoms with Gasteiger partial charge in [-0.2, -0.15) is 0 Å². The molecule has 0 aliphatic carbocycles. The molecule has 20 heavy (non-hydrogen) atoms. The van der Waals surface area contributed by atoms with E-state index >= 15 is 0 Å². The molecule has 1 aromatic heterocycles. The summed E-state index contributed by atoms with van der Waals surface area (Å²) in [6, 6.07) is 13.4. The van der Waals surface area contributed by atoms with Gasteiger partial charge in [-0.25, -0.2) is 0 Å². The quantitative estimate of drug-likeness (QED) is 0.876. The lowest BCUT2D eigenvalue weighted by Crippen LogP contribution is -2.28. The summed E-state index contributed by atoms with van der Waals surface area (Å²) >= 11 is 0. The number of rotatable bonds is 6. The van der Waals surface area contributed by atoms with Crippen LogP contribution in [0.3, 0.4) is 0 Å². The number of hydrogen-bond donors (Lipinski definition) is 1. The molecule has 0 aliphatic rings. The number of aromatic nitrogens is 1. The lowest BCUT2D eigenvalue weighted by molar-refractivity contribution is -0.123. The SMILES string of the molecule is CCc1ccccc1OCC(=O)NCc1ccccn1. The minimum absolute atomic E-state index is 0.0177. The molecule has 1 heterocycles. The molecule has 4 nitrogen and oxygen atoms in total. The van der Waals surface area contributed by atoms with Crippen LogP contribution in [-0.4, -0.2) is 17.5 Å². The van der Waals surface area contributed by atoms with Gasteiger partial charge in [-0.15, -0.1) is 0 Å². The molecule has 1 aromatic carbocycles. The average molecular weight is 270 g/mol.